The fourth-order valence-electron chi connectivity index (χ4n) is 4.84. The smallest absolute Gasteiger partial charge is 0.228 e. The van der Waals surface area contributed by atoms with E-state index in [1.807, 2.05) is 36.4 Å². The molecule has 3 aromatic heterocycles. The van der Waals surface area contributed by atoms with Gasteiger partial charge in [0.25, 0.3) is 0 Å². The van der Waals surface area contributed by atoms with Gasteiger partial charge >= 0.3 is 0 Å². The maximum atomic E-state index is 13.4. The molecule has 1 aliphatic heterocycles. The first-order valence-electron chi connectivity index (χ1n) is 10.9. The van der Waals surface area contributed by atoms with Crippen LogP contribution in [0.25, 0.3) is 17.0 Å². The van der Waals surface area contributed by atoms with Crippen LogP contribution in [0.1, 0.15) is 43.7 Å². The highest BCUT2D eigenvalue weighted by Gasteiger charge is 2.44. The molecule has 164 valence electrons. The number of fused-ring (bicyclic) bond motifs is 3. The van der Waals surface area contributed by atoms with Gasteiger partial charge < -0.3 is 10.5 Å². The second kappa shape index (κ2) is 6.96. The second-order valence-electron chi connectivity index (χ2n) is 9.35. The summed E-state index contributed by atoms with van der Waals surface area (Å²) < 4.78 is 7.88. The number of hydrogen-bond acceptors (Lipinski definition) is 7. The van der Waals surface area contributed by atoms with Gasteiger partial charge in [-0.15, -0.1) is 5.10 Å². The maximum Gasteiger partial charge on any atom is 0.228 e. The number of Topliss-reactive ketones (excluding diaryl/α,β-unsaturated/α-hetero) is 1. The molecule has 0 fully saturated rings. The Bertz CT molecular complexity index is 1450. The van der Waals surface area contributed by atoms with E-state index in [0.717, 1.165) is 11.1 Å². The number of anilines is 1. The molecule has 2 N–H and O–H groups in total. The molecule has 8 nitrogen and oxygen atoms in total. The molecule has 1 atom stereocenters. The Hall–Kier alpha value is -4.07. The first kappa shape index (κ1) is 19.6. The highest BCUT2D eigenvalue weighted by atomic mass is 16.5. The van der Waals surface area contributed by atoms with Crippen molar-refractivity contribution in [3.63, 3.8) is 0 Å². The van der Waals surface area contributed by atoms with E-state index in [1.54, 1.807) is 23.2 Å². The molecule has 0 saturated heterocycles. The third kappa shape index (κ3) is 3.09. The summed E-state index contributed by atoms with van der Waals surface area (Å²) in [5.41, 5.74) is 10.2. The quantitative estimate of drug-likeness (QED) is 0.472. The predicted molar refractivity (Wildman–Crippen MR) is 122 cm³/mol. The van der Waals surface area contributed by atoms with Crippen molar-refractivity contribution in [2.24, 2.45) is 5.41 Å². The first-order valence-corrected chi connectivity index (χ1v) is 10.9. The number of hydrogen-bond donors (Lipinski definition) is 1. The topological polar surface area (TPSA) is 108 Å². The number of carbonyl (C=O) groups excluding carboxylic acids is 1. The number of nitrogens with zero attached hydrogens (tertiary/aromatic N) is 5. The molecule has 0 radical (unpaired) electrons. The van der Waals surface area contributed by atoms with Gasteiger partial charge in [-0.25, -0.2) is 14.5 Å². The van der Waals surface area contributed by atoms with Crippen molar-refractivity contribution in [1.82, 2.24) is 24.6 Å². The van der Waals surface area contributed by atoms with E-state index in [-0.39, 0.29) is 17.1 Å². The summed E-state index contributed by atoms with van der Waals surface area (Å²) in [5.74, 6) is 1.31. The van der Waals surface area contributed by atoms with Crippen LogP contribution >= 0.6 is 0 Å². The third-order valence-corrected chi connectivity index (χ3v) is 6.28. The average Bonchev–Trinajstić information content (AvgIpc) is 3.22. The van der Waals surface area contributed by atoms with Crippen LogP contribution in [0.3, 0.4) is 0 Å². The van der Waals surface area contributed by atoms with Gasteiger partial charge in [0.05, 0.1) is 11.5 Å². The summed E-state index contributed by atoms with van der Waals surface area (Å²) in [7, 11) is 0. The lowest BCUT2D eigenvalue weighted by Crippen LogP contribution is -2.33. The van der Waals surface area contributed by atoms with Crippen LogP contribution in [0.2, 0.25) is 0 Å². The SMILES string of the molecule is CC1(C)CC(=O)C2=C(C1)Oc1ncn3nc(-c4ccccc4N)nc3c1C2c1cccnc1. The van der Waals surface area contributed by atoms with Crippen LogP contribution in [-0.2, 0) is 4.79 Å². The number of nitrogens with two attached hydrogens (primary N) is 1. The van der Waals surface area contributed by atoms with Gasteiger partial charge in [0.15, 0.2) is 17.3 Å². The van der Waals surface area contributed by atoms with Crippen LogP contribution in [0, 0.1) is 5.41 Å². The van der Waals surface area contributed by atoms with E-state index in [2.05, 4.69) is 28.9 Å². The number of para-hydroxylation sites is 1. The number of pyridine rings is 1. The van der Waals surface area contributed by atoms with Crippen molar-refractivity contribution >= 4 is 17.1 Å². The molecule has 1 aliphatic carbocycles. The minimum absolute atomic E-state index is 0.0785. The zero-order valence-electron chi connectivity index (χ0n) is 18.3. The molecule has 0 bridgehead atoms. The summed E-state index contributed by atoms with van der Waals surface area (Å²) in [6.07, 6.45) is 6.21. The Kier molecular flexibility index (Phi) is 4.14. The highest BCUT2D eigenvalue weighted by Crippen LogP contribution is 2.50. The van der Waals surface area contributed by atoms with Crippen molar-refractivity contribution in [2.75, 3.05) is 5.73 Å². The molecule has 2 aliphatic rings. The van der Waals surface area contributed by atoms with E-state index in [0.29, 0.717) is 52.8 Å². The van der Waals surface area contributed by atoms with Gasteiger partial charge in [-0.3, -0.25) is 9.78 Å². The Balaban J connectivity index is 1.61. The molecule has 4 heterocycles. The Morgan fingerprint density at radius 1 is 1.15 bits per heavy atom. The predicted octanol–water partition coefficient (Wildman–Crippen LogP) is 3.94. The lowest BCUT2D eigenvalue weighted by Gasteiger charge is -2.37. The fourth-order valence-corrected chi connectivity index (χ4v) is 4.84. The number of rotatable bonds is 2. The number of carbonyl (C=O) groups is 1. The van der Waals surface area contributed by atoms with Crippen molar-refractivity contribution in [3.8, 4) is 17.3 Å². The van der Waals surface area contributed by atoms with E-state index in [9.17, 15) is 4.79 Å². The molecular weight excluding hydrogens is 416 g/mol. The zero-order chi connectivity index (χ0) is 22.7. The minimum atomic E-state index is -0.387. The standard InChI is InChI=1S/C25H22N6O2/c1-25(2)10-17(32)20-18(11-25)33-24-21(19(20)14-6-5-9-27-12-14)23-29-22(30-31(23)13-28-24)15-7-3-4-8-16(15)26/h3-9,12-13,19H,10-11,26H2,1-2H3. The molecule has 33 heavy (non-hydrogen) atoms. The fraction of sp³-hybridized carbons (Fsp3) is 0.240. The summed E-state index contributed by atoms with van der Waals surface area (Å²) in [5, 5.41) is 4.62. The monoisotopic (exact) mass is 438 g/mol. The van der Waals surface area contributed by atoms with Crippen LogP contribution in [0.15, 0.2) is 66.5 Å². The molecule has 8 heteroatoms. The number of allylic oxidation sites excluding steroid dienone is 2. The van der Waals surface area contributed by atoms with E-state index < -0.39 is 0 Å². The van der Waals surface area contributed by atoms with Gasteiger partial charge in [-0.2, -0.15) is 0 Å². The Morgan fingerprint density at radius 2 is 2.00 bits per heavy atom. The van der Waals surface area contributed by atoms with Gasteiger partial charge in [-0.1, -0.05) is 32.0 Å². The maximum absolute atomic E-state index is 13.4. The van der Waals surface area contributed by atoms with E-state index in [4.69, 9.17) is 15.5 Å². The molecule has 1 aromatic carbocycles. The van der Waals surface area contributed by atoms with Gasteiger partial charge in [0.2, 0.25) is 5.88 Å². The molecule has 6 rings (SSSR count). The zero-order valence-corrected chi connectivity index (χ0v) is 18.3. The average molecular weight is 438 g/mol. The largest absolute Gasteiger partial charge is 0.442 e. The van der Waals surface area contributed by atoms with Gasteiger partial charge in [0.1, 0.15) is 12.1 Å². The number of ether oxygens (including phenoxy) is 1. The molecular formula is C25H22N6O2. The van der Waals surface area contributed by atoms with Crippen molar-refractivity contribution in [2.45, 2.75) is 32.6 Å². The Morgan fingerprint density at radius 3 is 2.79 bits per heavy atom. The Labute approximate surface area is 190 Å². The van der Waals surface area contributed by atoms with Crippen LogP contribution in [-0.4, -0.2) is 30.3 Å². The first-order chi connectivity index (χ1) is 15.9. The van der Waals surface area contributed by atoms with Crippen LogP contribution in [0.4, 0.5) is 5.69 Å². The van der Waals surface area contributed by atoms with Gasteiger partial charge in [-0.05, 0) is 29.2 Å². The summed E-state index contributed by atoms with van der Waals surface area (Å²) in [6.45, 7) is 4.16. The lowest BCUT2D eigenvalue weighted by molar-refractivity contribution is -0.118. The normalized spacial score (nSPS) is 19.2. The van der Waals surface area contributed by atoms with Gasteiger partial charge in [0, 0.05) is 42.1 Å². The minimum Gasteiger partial charge on any atom is -0.442 e. The van der Waals surface area contributed by atoms with Crippen molar-refractivity contribution in [1.29, 1.82) is 0 Å². The summed E-state index contributed by atoms with van der Waals surface area (Å²) in [6, 6.07) is 11.3. The van der Waals surface area contributed by atoms with Crippen LogP contribution in [0.5, 0.6) is 5.88 Å². The lowest BCUT2D eigenvalue weighted by atomic mass is 9.70. The number of benzene rings is 1. The third-order valence-electron chi connectivity index (χ3n) is 6.28. The highest BCUT2D eigenvalue weighted by molar-refractivity contribution is 6.00. The molecule has 0 saturated carbocycles. The van der Waals surface area contributed by atoms with Crippen molar-refractivity contribution in [3.05, 3.63) is 77.6 Å². The van der Waals surface area contributed by atoms with E-state index >= 15 is 0 Å². The number of aromatic nitrogens is 5. The van der Waals surface area contributed by atoms with Crippen LogP contribution < -0.4 is 10.5 Å². The molecule has 0 spiro atoms. The van der Waals surface area contributed by atoms with E-state index in [1.165, 1.54) is 0 Å². The molecule has 1 unspecified atom stereocenters. The summed E-state index contributed by atoms with van der Waals surface area (Å²) >= 11 is 0. The summed E-state index contributed by atoms with van der Waals surface area (Å²) in [4.78, 5) is 27.1. The second-order valence-corrected chi connectivity index (χ2v) is 9.35. The number of ketones is 1. The van der Waals surface area contributed by atoms with Crippen molar-refractivity contribution < 1.29 is 9.53 Å². The molecule has 4 aromatic rings. The molecule has 0 amide bonds. The number of nitrogen functional groups attached to an aromatic ring is 1.